The zero-order chi connectivity index (χ0) is 15.6. The van der Waals surface area contributed by atoms with Crippen LogP contribution in [0.4, 0.5) is 5.69 Å². The van der Waals surface area contributed by atoms with E-state index in [9.17, 15) is 8.42 Å². The monoisotopic (exact) mass is 368 g/mol. The van der Waals surface area contributed by atoms with E-state index in [2.05, 4.69) is 4.72 Å². The highest BCUT2D eigenvalue weighted by atomic mass is 35.5. The number of sulfonamides is 1. The van der Waals surface area contributed by atoms with Gasteiger partial charge >= 0.3 is 0 Å². The largest absolute Gasteiger partial charge is 0.396 e. The molecule has 0 saturated heterocycles. The van der Waals surface area contributed by atoms with Gasteiger partial charge in [-0.2, -0.15) is 11.8 Å². The van der Waals surface area contributed by atoms with Crippen LogP contribution < -0.4 is 10.5 Å². The van der Waals surface area contributed by atoms with Crippen molar-refractivity contribution in [2.75, 3.05) is 12.0 Å². The Morgan fingerprint density at radius 1 is 1.29 bits per heavy atom. The lowest BCUT2D eigenvalue weighted by atomic mass is 9.96. The van der Waals surface area contributed by atoms with Gasteiger partial charge in [0.1, 0.15) is 4.90 Å². The third kappa shape index (κ3) is 3.79. The Morgan fingerprint density at radius 3 is 2.62 bits per heavy atom. The molecule has 2 unspecified atom stereocenters. The molecule has 1 fully saturated rings. The van der Waals surface area contributed by atoms with Gasteiger partial charge in [0.25, 0.3) is 0 Å². The van der Waals surface area contributed by atoms with Crippen LogP contribution in [0, 0.1) is 0 Å². The van der Waals surface area contributed by atoms with Gasteiger partial charge in [0.2, 0.25) is 10.0 Å². The zero-order valence-corrected chi connectivity index (χ0v) is 14.7. The number of rotatable bonds is 4. The first-order valence-electron chi connectivity index (χ1n) is 6.65. The number of nitrogens with two attached hydrogens (primary N) is 1. The van der Waals surface area contributed by atoms with Crippen molar-refractivity contribution < 1.29 is 8.42 Å². The molecule has 0 bridgehead atoms. The molecule has 1 saturated carbocycles. The van der Waals surface area contributed by atoms with Gasteiger partial charge in [0.15, 0.2) is 0 Å². The maximum Gasteiger partial charge on any atom is 0.242 e. The molecular weight excluding hydrogens is 351 g/mol. The van der Waals surface area contributed by atoms with Gasteiger partial charge < -0.3 is 5.73 Å². The van der Waals surface area contributed by atoms with Crippen molar-refractivity contribution in [3.8, 4) is 0 Å². The zero-order valence-electron chi connectivity index (χ0n) is 11.6. The van der Waals surface area contributed by atoms with Crippen LogP contribution in [0.3, 0.4) is 0 Å². The summed E-state index contributed by atoms with van der Waals surface area (Å²) >= 11 is 13.6. The van der Waals surface area contributed by atoms with Crippen LogP contribution in [-0.2, 0) is 10.0 Å². The molecule has 2 rings (SSSR count). The lowest BCUT2D eigenvalue weighted by molar-refractivity contribution is 0.423. The number of nitrogen functional groups attached to an aromatic ring is 1. The van der Waals surface area contributed by atoms with Crippen LogP contribution in [0.25, 0.3) is 0 Å². The molecule has 118 valence electrons. The van der Waals surface area contributed by atoms with Gasteiger partial charge in [-0.25, -0.2) is 13.1 Å². The molecule has 0 heterocycles. The average molecular weight is 369 g/mol. The highest BCUT2D eigenvalue weighted by molar-refractivity contribution is 7.99. The molecule has 21 heavy (non-hydrogen) atoms. The first kappa shape index (κ1) is 17.2. The summed E-state index contributed by atoms with van der Waals surface area (Å²) in [6.07, 6.45) is 6.03. The Morgan fingerprint density at radius 2 is 1.95 bits per heavy atom. The third-order valence-corrected chi connectivity index (χ3v) is 7.24. The quantitative estimate of drug-likeness (QED) is 0.797. The van der Waals surface area contributed by atoms with E-state index in [0.717, 1.165) is 25.7 Å². The van der Waals surface area contributed by atoms with E-state index in [1.807, 2.05) is 6.26 Å². The number of thioether (sulfide) groups is 1. The topological polar surface area (TPSA) is 72.2 Å². The second-order valence-corrected chi connectivity index (χ2v) is 8.60. The lowest BCUT2D eigenvalue weighted by Gasteiger charge is -2.30. The summed E-state index contributed by atoms with van der Waals surface area (Å²) in [6.45, 7) is 0. The lowest BCUT2D eigenvalue weighted by Crippen LogP contribution is -2.43. The molecule has 3 N–H and O–H groups in total. The molecular formula is C13H18Cl2N2O2S2. The summed E-state index contributed by atoms with van der Waals surface area (Å²) in [7, 11) is -3.71. The molecule has 8 heteroatoms. The number of anilines is 1. The van der Waals surface area contributed by atoms with Crippen LogP contribution in [0.1, 0.15) is 25.7 Å². The molecule has 1 aliphatic carbocycles. The Labute approximate surface area is 139 Å². The smallest absolute Gasteiger partial charge is 0.242 e. The molecule has 1 aromatic rings. The van der Waals surface area contributed by atoms with Crippen molar-refractivity contribution >= 4 is 50.7 Å². The Hall–Kier alpha value is -0.140. The van der Waals surface area contributed by atoms with Gasteiger partial charge in [-0.05, 0) is 31.2 Å². The standard InChI is InChI=1S/C13H18Cl2N2O2S2/c1-20-10-5-3-2-4-9(10)17-21(18,19)11-7-6-8(14)13(16)12(11)15/h6-7,9-10,17H,2-5,16H2,1H3. The van der Waals surface area contributed by atoms with E-state index in [-0.39, 0.29) is 31.9 Å². The van der Waals surface area contributed by atoms with Crippen molar-refractivity contribution in [2.45, 2.75) is 41.9 Å². The van der Waals surface area contributed by atoms with Crippen LogP contribution in [0.15, 0.2) is 17.0 Å². The molecule has 2 atom stereocenters. The fourth-order valence-electron chi connectivity index (χ4n) is 2.53. The van der Waals surface area contributed by atoms with Crippen LogP contribution in [0.2, 0.25) is 10.0 Å². The van der Waals surface area contributed by atoms with Crippen molar-refractivity contribution in [3.63, 3.8) is 0 Å². The molecule has 0 radical (unpaired) electrons. The molecule has 0 aliphatic heterocycles. The number of halogens is 2. The van der Waals surface area contributed by atoms with Crippen molar-refractivity contribution in [1.29, 1.82) is 0 Å². The minimum Gasteiger partial charge on any atom is -0.396 e. The second kappa shape index (κ2) is 6.96. The van der Waals surface area contributed by atoms with E-state index in [1.54, 1.807) is 11.8 Å². The van der Waals surface area contributed by atoms with Crippen molar-refractivity contribution in [1.82, 2.24) is 4.72 Å². The molecule has 0 amide bonds. The van der Waals surface area contributed by atoms with Crippen molar-refractivity contribution in [2.24, 2.45) is 0 Å². The number of hydrogen-bond donors (Lipinski definition) is 2. The minimum atomic E-state index is -3.71. The fraction of sp³-hybridized carbons (Fsp3) is 0.538. The number of benzene rings is 1. The molecule has 0 aromatic heterocycles. The van der Waals surface area contributed by atoms with Gasteiger partial charge in [-0.1, -0.05) is 36.0 Å². The Kier molecular flexibility index (Phi) is 5.71. The second-order valence-electron chi connectivity index (χ2n) is 5.06. The van der Waals surface area contributed by atoms with Gasteiger partial charge in [-0.15, -0.1) is 0 Å². The van der Waals surface area contributed by atoms with E-state index < -0.39 is 10.0 Å². The normalized spacial score (nSPS) is 23.2. The van der Waals surface area contributed by atoms with Crippen LogP contribution >= 0.6 is 35.0 Å². The first-order chi connectivity index (χ1) is 9.86. The highest BCUT2D eigenvalue weighted by Gasteiger charge is 2.30. The highest BCUT2D eigenvalue weighted by Crippen LogP contribution is 2.34. The molecule has 4 nitrogen and oxygen atoms in total. The predicted octanol–water partition coefficient (Wildman–Crippen LogP) is 3.53. The maximum atomic E-state index is 12.5. The van der Waals surface area contributed by atoms with E-state index in [0.29, 0.717) is 0 Å². The van der Waals surface area contributed by atoms with Crippen LogP contribution in [0.5, 0.6) is 0 Å². The summed E-state index contributed by atoms with van der Waals surface area (Å²) in [5.41, 5.74) is 5.79. The predicted molar refractivity (Wildman–Crippen MR) is 90.8 cm³/mol. The fourth-order valence-corrected chi connectivity index (χ4v) is 5.63. The number of nitrogens with one attached hydrogen (secondary N) is 1. The van der Waals surface area contributed by atoms with E-state index in [1.165, 1.54) is 12.1 Å². The van der Waals surface area contributed by atoms with Gasteiger partial charge in [0.05, 0.1) is 15.7 Å². The summed E-state index contributed by atoms with van der Waals surface area (Å²) in [6, 6.07) is 2.76. The first-order valence-corrected chi connectivity index (χ1v) is 10.2. The molecule has 1 aliphatic rings. The SMILES string of the molecule is CSC1CCCCC1NS(=O)(=O)c1ccc(Cl)c(N)c1Cl. The third-order valence-electron chi connectivity index (χ3n) is 3.69. The minimum absolute atomic E-state index is 0.0171. The summed E-state index contributed by atoms with van der Waals surface area (Å²) < 4.78 is 27.9. The average Bonchev–Trinajstić information content (AvgIpc) is 2.44. The molecule has 0 spiro atoms. The number of hydrogen-bond acceptors (Lipinski definition) is 4. The van der Waals surface area contributed by atoms with E-state index >= 15 is 0 Å². The van der Waals surface area contributed by atoms with Crippen LogP contribution in [-0.4, -0.2) is 26.0 Å². The maximum absolute atomic E-state index is 12.5. The van der Waals surface area contributed by atoms with E-state index in [4.69, 9.17) is 28.9 Å². The Balaban J connectivity index is 2.28. The summed E-state index contributed by atoms with van der Waals surface area (Å²) in [5.74, 6) is 0. The summed E-state index contributed by atoms with van der Waals surface area (Å²) in [5, 5.41) is 0.516. The van der Waals surface area contributed by atoms with Crippen molar-refractivity contribution in [3.05, 3.63) is 22.2 Å². The molecule has 1 aromatic carbocycles. The Bertz CT molecular complexity index is 623. The van der Waals surface area contributed by atoms with Gasteiger partial charge in [-0.3, -0.25) is 0 Å². The van der Waals surface area contributed by atoms with Gasteiger partial charge in [0, 0.05) is 11.3 Å². The summed E-state index contributed by atoms with van der Waals surface area (Å²) in [4.78, 5) is -0.0171.